The fourth-order valence-corrected chi connectivity index (χ4v) is 3.99. The van der Waals surface area contributed by atoms with Crippen molar-refractivity contribution in [1.29, 1.82) is 0 Å². The zero-order chi connectivity index (χ0) is 25.3. The third kappa shape index (κ3) is 7.36. The maximum atomic E-state index is 13.2. The van der Waals surface area contributed by atoms with E-state index in [2.05, 4.69) is 25.3 Å². The number of hydrogen-bond acceptors (Lipinski definition) is 10. The first-order chi connectivity index (χ1) is 17.5. The zero-order valence-corrected chi connectivity index (χ0v) is 21.3. The van der Waals surface area contributed by atoms with Crippen LogP contribution in [0.15, 0.2) is 35.4 Å². The number of anilines is 2. The van der Waals surface area contributed by atoms with Crippen molar-refractivity contribution in [1.82, 2.24) is 19.9 Å². The number of ether oxygens (including phenoxy) is 3. The lowest BCUT2D eigenvalue weighted by atomic mass is 10.1. The van der Waals surface area contributed by atoms with Crippen LogP contribution in [0.4, 0.5) is 11.6 Å². The van der Waals surface area contributed by atoms with Gasteiger partial charge in [-0.25, -0.2) is 4.98 Å². The van der Waals surface area contributed by atoms with Crippen LogP contribution in [0.1, 0.15) is 23.0 Å². The molecule has 2 fully saturated rings. The largest absolute Gasteiger partial charge is 0.476 e. The fraction of sp³-hybridized carbons (Fsp3) is 0.520. The summed E-state index contributed by atoms with van der Waals surface area (Å²) in [5, 5.41) is 9.14. The number of carbonyl (C=O) groups is 1. The van der Waals surface area contributed by atoms with Gasteiger partial charge in [-0.1, -0.05) is 12.1 Å². The molecule has 2 aromatic rings. The molecule has 194 valence electrons. The third-order valence-electron chi connectivity index (χ3n) is 5.87. The van der Waals surface area contributed by atoms with E-state index >= 15 is 0 Å². The van der Waals surface area contributed by atoms with Gasteiger partial charge in [-0.15, -0.1) is 0 Å². The molecule has 2 aliphatic heterocycles. The molecule has 0 saturated carbocycles. The molecule has 1 aromatic carbocycles. The van der Waals surface area contributed by atoms with Crippen LogP contribution >= 0.6 is 0 Å². The number of nitrogens with one attached hydrogen (secondary N) is 1. The summed E-state index contributed by atoms with van der Waals surface area (Å²) in [7, 11) is 3.74. The average molecular weight is 498 g/mol. The van der Waals surface area contributed by atoms with Gasteiger partial charge in [0.25, 0.3) is 5.91 Å². The molecule has 0 spiro atoms. The second-order valence-corrected chi connectivity index (χ2v) is 8.86. The minimum Gasteiger partial charge on any atom is -0.476 e. The maximum Gasteiger partial charge on any atom is 0.274 e. The molecule has 2 aliphatic rings. The number of carbonyl (C=O) groups excluding carboxylic acids is 1. The van der Waals surface area contributed by atoms with Crippen molar-refractivity contribution in [3.63, 3.8) is 0 Å². The monoisotopic (exact) mass is 497 g/mol. The molecule has 4 rings (SSSR count). The Bertz CT molecular complexity index is 1050. The van der Waals surface area contributed by atoms with Gasteiger partial charge in [-0.2, -0.15) is 10.1 Å². The summed E-state index contributed by atoms with van der Waals surface area (Å²) in [6.45, 7) is 8.91. The van der Waals surface area contributed by atoms with Crippen LogP contribution in [0.5, 0.6) is 5.88 Å². The number of hydrogen-bond donors (Lipinski definition) is 1. The van der Waals surface area contributed by atoms with Crippen LogP contribution in [0, 0.1) is 0 Å². The number of aromatic nitrogens is 2. The van der Waals surface area contributed by atoms with E-state index < -0.39 is 0 Å². The molecular formula is C25H35N7O4. The Morgan fingerprint density at radius 2 is 1.81 bits per heavy atom. The standard InChI is InChI=1S/C25H35N7O4/c1-19(29-30(2)3)20-5-4-6-21(17-20)26-24(33)22-18-23(36-16-9-31-7-12-34-13-8-31)28-25(27-22)32-10-14-35-15-11-32/h4-6,17-18H,7-16H2,1-3H3,(H,26,33). The molecule has 1 amide bonds. The molecule has 11 nitrogen and oxygen atoms in total. The fourth-order valence-electron chi connectivity index (χ4n) is 3.99. The average Bonchev–Trinajstić information content (AvgIpc) is 2.89. The van der Waals surface area contributed by atoms with Crippen LogP contribution < -0.4 is 15.0 Å². The summed E-state index contributed by atoms with van der Waals surface area (Å²) >= 11 is 0. The topological polar surface area (TPSA) is 105 Å². The molecule has 0 unspecified atom stereocenters. The van der Waals surface area contributed by atoms with E-state index in [0.29, 0.717) is 50.4 Å². The van der Waals surface area contributed by atoms with Gasteiger partial charge in [0.15, 0.2) is 0 Å². The summed E-state index contributed by atoms with van der Waals surface area (Å²) in [5.74, 6) is 0.520. The van der Waals surface area contributed by atoms with Crippen LogP contribution in [-0.4, -0.2) is 111 Å². The number of morpholine rings is 2. The van der Waals surface area contributed by atoms with Gasteiger partial charge in [0.2, 0.25) is 11.8 Å². The minimum absolute atomic E-state index is 0.247. The molecule has 3 heterocycles. The first-order valence-corrected chi connectivity index (χ1v) is 12.3. The molecule has 0 radical (unpaired) electrons. The normalized spacial score (nSPS) is 17.1. The van der Waals surface area contributed by atoms with E-state index in [4.69, 9.17) is 14.2 Å². The third-order valence-corrected chi connectivity index (χ3v) is 5.87. The van der Waals surface area contributed by atoms with Gasteiger partial charge in [-0.3, -0.25) is 9.69 Å². The van der Waals surface area contributed by atoms with Gasteiger partial charge in [0.05, 0.1) is 32.1 Å². The van der Waals surface area contributed by atoms with Crippen molar-refractivity contribution in [2.24, 2.45) is 5.10 Å². The van der Waals surface area contributed by atoms with Gasteiger partial charge in [0.1, 0.15) is 12.3 Å². The summed E-state index contributed by atoms with van der Waals surface area (Å²) in [5.41, 5.74) is 2.68. The highest BCUT2D eigenvalue weighted by Crippen LogP contribution is 2.19. The molecule has 36 heavy (non-hydrogen) atoms. The second-order valence-electron chi connectivity index (χ2n) is 8.86. The summed E-state index contributed by atoms with van der Waals surface area (Å²) in [6.07, 6.45) is 0. The summed E-state index contributed by atoms with van der Waals surface area (Å²) < 4.78 is 16.8. The van der Waals surface area contributed by atoms with Gasteiger partial charge >= 0.3 is 0 Å². The number of rotatable bonds is 9. The van der Waals surface area contributed by atoms with Crippen molar-refractivity contribution in [3.8, 4) is 5.88 Å². The van der Waals surface area contributed by atoms with E-state index in [1.165, 1.54) is 0 Å². The van der Waals surface area contributed by atoms with E-state index in [9.17, 15) is 4.79 Å². The molecular weight excluding hydrogens is 462 g/mol. The van der Waals surface area contributed by atoms with Crippen molar-refractivity contribution in [3.05, 3.63) is 41.6 Å². The molecule has 1 N–H and O–H groups in total. The summed E-state index contributed by atoms with van der Waals surface area (Å²) in [4.78, 5) is 26.7. The summed E-state index contributed by atoms with van der Waals surface area (Å²) in [6, 6.07) is 9.18. The highest BCUT2D eigenvalue weighted by Gasteiger charge is 2.20. The number of benzene rings is 1. The van der Waals surface area contributed by atoms with Crippen molar-refractivity contribution in [2.45, 2.75) is 6.92 Å². The van der Waals surface area contributed by atoms with Crippen molar-refractivity contribution >= 4 is 23.3 Å². The Morgan fingerprint density at radius 3 is 2.53 bits per heavy atom. The van der Waals surface area contributed by atoms with Crippen molar-refractivity contribution in [2.75, 3.05) is 90.1 Å². The van der Waals surface area contributed by atoms with Crippen LogP contribution in [0.2, 0.25) is 0 Å². The zero-order valence-electron chi connectivity index (χ0n) is 21.3. The Hall–Kier alpha value is -3.28. The predicted octanol–water partition coefficient (Wildman–Crippen LogP) is 1.56. The molecule has 0 bridgehead atoms. The van der Waals surface area contributed by atoms with E-state index in [1.807, 2.05) is 50.2 Å². The van der Waals surface area contributed by atoms with Crippen LogP contribution in [0.3, 0.4) is 0 Å². The van der Waals surface area contributed by atoms with Gasteiger partial charge in [-0.05, 0) is 24.6 Å². The Balaban J connectivity index is 1.49. The minimum atomic E-state index is -0.329. The SMILES string of the molecule is CC(=NN(C)C)c1cccc(NC(=O)c2cc(OCCN3CCOCC3)nc(N3CCOCC3)n2)c1. The van der Waals surface area contributed by atoms with E-state index in [-0.39, 0.29) is 11.6 Å². The first-order valence-electron chi connectivity index (χ1n) is 12.3. The number of nitrogens with zero attached hydrogens (tertiary/aromatic N) is 6. The number of amides is 1. The Labute approximate surface area is 212 Å². The maximum absolute atomic E-state index is 13.2. The molecule has 11 heteroatoms. The lowest BCUT2D eigenvalue weighted by Crippen LogP contribution is -2.39. The molecule has 2 saturated heterocycles. The van der Waals surface area contributed by atoms with Gasteiger partial charge < -0.3 is 29.4 Å². The lowest BCUT2D eigenvalue weighted by Gasteiger charge is -2.27. The smallest absolute Gasteiger partial charge is 0.274 e. The lowest BCUT2D eigenvalue weighted by molar-refractivity contribution is 0.0320. The van der Waals surface area contributed by atoms with Crippen LogP contribution in [0.25, 0.3) is 0 Å². The predicted molar refractivity (Wildman–Crippen MR) is 138 cm³/mol. The first kappa shape index (κ1) is 25.8. The second kappa shape index (κ2) is 12.6. The quantitative estimate of drug-likeness (QED) is 0.408. The molecule has 0 aliphatic carbocycles. The molecule has 0 atom stereocenters. The molecule has 1 aromatic heterocycles. The van der Waals surface area contributed by atoms with Gasteiger partial charge in [0, 0.05) is 58.6 Å². The Kier molecular flexibility index (Phi) is 9.04. The van der Waals surface area contributed by atoms with Crippen LogP contribution in [-0.2, 0) is 9.47 Å². The highest BCUT2D eigenvalue weighted by molar-refractivity contribution is 6.04. The Morgan fingerprint density at radius 1 is 1.08 bits per heavy atom. The highest BCUT2D eigenvalue weighted by atomic mass is 16.5. The number of hydrazone groups is 1. The van der Waals surface area contributed by atoms with E-state index in [1.54, 1.807) is 11.1 Å². The van der Waals surface area contributed by atoms with Crippen molar-refractivity contribution < 1.29 is 19.0 Å². The van der Waals surface area contributed by atoms with E-state index in [0.717, 1.165) is 44.1 Å².